The summed E-state index contributed by atoms with van der Waals surface area (Å²) in [4.78, 5) is 1.21. The zero-order valence-electron chi connectivity index (χ0n) is 7.57. The monoisotopic (exact) mass is 220 g/mol. The van der Waals surface area contributed by atoms with E-state index < -0.39 is 0 Å². The second-order valence-corrected chi connectivity index (χ2v) is 4.61. The Hall–Kier alpha value is -1.18. The van der Waals surface area contributed by atoms with Gasteiger partial charge in [-0.3, -0.25) is 0 Å². The molecule has 4 heteroatoms. The molecular formula is C10H8N2S2. The van der Waals surface area contributed by atoms with Gasteiger partial charge >= 0.3 is 0 Å². The number of rotatable bonds is 1. The Morgan fingerprint density at radius 3 is 2.93 bits per heavy atom. The highest BCUT2D eigenvalue weighted by atomic mass is 32.2. The summed E-state index contributed by atoms with van der Waals surface area (Å²) in [5.41, 5.74) is 6.85. The topological polar surface area (TPSA) is 49.8 Å². The first-order chi connectivity index (χ1) is 6.76. The molecule has 1 heterocycles. The molecule has 2 rings (SSSR count). The van der Waals surface area contributed by atoms with Crippen molar-refractivity contribution in [3.05, 3.63) is 23.1 Å². The van der Waals surface area contributed by atoms with Crippen molar-refractivity contribution < 1.29 is 0 Å². The maximum atomic E-state index is 8.85. The summed E-state index contributed by atoms with van der Waals surface area (Å²) in [6, 6.07) is 5.84. The number of fused-ring (bicyclic) bond motifs is 1. The van der Waals surface area contributed by atoms with Crippen molar-refractivity contribution in [3.8, 4) is 6.07 Å². The van der Waals surface area contributed by atoms with Crippen LogP contribution in [0.3, 0.4) is 0 Å². The third-order valence-corrected chi connectivity index (χ3v) is 3.92. The summed E-state index contributed by atoms with van der Waals surface area (Å²) in [7, 11) is 0. The minimum Gasteiger partial charge on any atom is -0.398 e. The Bertz CT molecular complexity index is 523. The third-order valence-electron chi connectivity index (χ3n) is 2.05. The maximum absolute atomic E-state index is 8.85. The number of thiophene rings is 1. The van der Waals surface area contributed by atoms with Gasteiger partial charge in [0.15, 0.2) is 0 Å². The molecular weight excluding hydrogens is 212 g/mol. The van der Waals surface area contributed by atoms with Crippen molar-refractivity contribution in [1.82, 2.24) is 0 Å². The van der Waals surface area contributed by atoms with Gasteiger partial charge < -0.3 is 5.73 Å². The van der Waals surface area contributed by atoms with E-state index in [0.717, 1.165) is 10.1 Å². The SMILES string of the molecule is CSc1csc2cc(N)c(C#N)cc12. The number of nitrogens with two attached hydrogens (primary N) is 1. The highest BCUT2D eigenvalue weighted by Crippen LogP contribution is 2.34. The molecule has 0 unspecified atom stereocenters. The molecule has 1 aromatic heterocycles. The molecule has 0 aliphatic carbocycles. The summed E-state index contributed by atoms with van der Waals surface area (Å²) in [5, 5.41) is 12.1. The first-order valence-corrected chi connectivity index (χ1v) is 6.11. The van der Waals surface area contributed by atoms with E-state index in [0.29, 0.717) is 11.3 Å². The van der Waals surface area contributed by atoms with Crippen LogP contribution in [0.15, 0.2) is 22.4 Å². The van der Waals surface area contributed by atoms with Crippen LogP contribution in [-0.4, -0.2) is 6.26 Å². The largest absolute Gasteiger partial charge is 0.398 e. The second kappa shape index (κ2) is 3.52. The molecule has 0 atom stereocenters. The Kier molecular flexibility index (Phi) is 2.36. The highest BCUT2D eigenvalue weighted by Gasteiger charge is 2.06. The normalized spacial score (nSPS) is 10.3. The fourth-order valence-electron chi connectivity index (χ4n) is 1.32. The van der Waals surface area contributed by atoms with Crippen molar-refractivity contribution in [1.29, 1.82) is 5.26 Å². The number of nitriles is 1. The van der Waals surface area contributed by atoms with Gasteiger partial charge in [-0.1, -0.05) is 0 Å². The zero-order chi connectivity index (χ0) is 10.1. The molecule has 0 fully saturated rings. The van der Waals surface area contributed by atoms with Gasteiger partial charge in [0.1, 0.15) is 6.07 Å². The number of nitrogen functional groups attached to an aromatic ring is 1. The Morgan fingerprint density at radius 2 is 2.29 bits per heavy atom. The van der Waals surface area contributed by atoms with E-state index in [1.807, 2.05) is 18.4 Å². The molecule has 70 valence electrons. The summed E-state index contributed by atoms with van der Waals surface area (Å²) in [6.45, 7) is 0. The molecule has 14 heavy (non-hydrogen) atoms. The lowest BCUT2D eigenvalue weighted by Crippen LogP contribution is -1.88. The molecule has 0 saturated carbocycles. The molecule has 1 aromatic carbocycles. The first-order valence-electron chi connectivity index (χ1n) is 4.01. The maximum Gasteiger partial charge on any atom is 0.101 e. The van der Waals surface area contributed by atoms with Crippen LogP contribution in [0.1, 0.15) is 5.56 Å². The highest BCUT2D eigenvalue weighted by molar-refractivity contribution is 7.99. The Morgan fingerprint density at radius 1 is 1.50 bits per heavy atom. The van der Waals surface area contributed by atoms with Crippen LogP contribution in [0.25, 0.3) is 10.1 Å². The number of hydrogen-bond acceptors (Lipinski definition) is 4. The molecule has 0 saturated heterocycles. The van der Waals surface area contributed by atoms with Crippen LogP contribution in [-0.2, 0) is 0 Å². The van der Waals surface area contributed by atoms with Crippen LogP contribution in [0.5, 0.6) is 0 Å². The predicted octanol–water partition coefficient (Wildman–Crippen LogP) is 3.08. The van der Waals surface area contributed by atoms with Gasteiger partial charge in [-0.25, -0.2) is 0 Å². The Balaban J connectivity index is 2.78. The van der Waals surface area contributed by atoms with Crippen molar-refractivity contribution in [2.24, 2.45) is 0 Å². The van der Waals surface area contributed by atoms with Gasteiger partial charge in [-0.15, -0.1) is 23.1 Å². The third kappa shape index (κ3) is 1.35. The van der Waals surface area contributed by atoms with Gasteiger partial charge in [0.25, 0.3) is 0 Å². The van der Waals surface area contributed by atoms with E-state index in [4.69, 9.17) is 11.0 Å². The van der Waals surface area contributed by atoms with Gasteiger partial charge in [-0.05, 0) is 18.4 Å². The van der Waals surface area contributed by atoms with Crippen LogP contribution in [0.2, 0.25) is 0 Å². The molecule has 0 spiro atoms. The standard InChI is InChI=1S/C10H8N2S2/c1-13-10-5-14-9-3-8(12)6(4-11)2-7(9)10/h2-3,5H,12H2,1H3. The molecule has 0 radical (unpaired) electrons. The molecule has 0 aliphatic heterocycles. The number of anilines is 1. The number of thioether (sulfide) groups is 1. The lowest BCUT2D eigenvalue weighted by atomic mass is 10.1. The van der Waals surface area contributed by atoms with Crippen molar-refractivity contribution in [2.75, 3.05) is 12.0 Å². The minimum atomic E-state index is 0.561. The van der Waals surface area contributed by atoms with Crippen LogP contribution >= 0.6 is 23.1 Å². The summed E-state index contributed by atoms with van der Waals surface area (Å²) >= 11 is 3.35. The smallest absolute Gasteiger partial charge is 0.101 e. The van der Waals surface area contributed by atoms with Crippen molar-refractivity contribution in [2.45, 2.75) is 4.90 Å². The van der Waals surface area contributed by atoms with Crippen LogP contribution in [0.4, 0.5) is 5.69 Å². The fraction of sp³-hybridized carbons (Fsp3) is 0.100. The van der Waals surface area contributed by atoms with E-state index in [1.165, 1.54) is 4.90 Å². The quantitative estimate of drug-likeness (QED) is 0.593. The lowest BCUT2D eigenvalue weighted by molar-refractivity contribution is 1.49. The number of hydrogen-bond donors (Lipinski definition) is 1. The van der Waals surface area contributed by atoms with Gasteiger partial charge in [0.2, 0.25) is 0 Å². The molecule has 0 bridgehead atoms. The lowest BCUT2D eigenvalue weighted by Gasteiger charge is -1.98. The molecule has 2 aromatic rings. The van der Waals surface area contributed by atoms with E-state index in [9.17, 15) is 0 Å². The van der Waals surface area contributed by atoms with Crippen LogP contribution < -0.4 is 5.73 Å². The predicted molar refractivity (Wildman–Crippen MR) is 62.7 cm³/mol. The molecule has 0 aliphatic rings. The second-order valence-electron chi connectivity index (χ2n) is 2.85. The average Bonchev–Trinajstić information content (AvgIpc) is 2.58. The van der Waals surface area contributed by atoms with Gasteiger partial charge in [0, 0.05) is 20.4 Å². The number of benzene rings is 1. The molecule has 2 N–H and O–H groups in total. The first kappa shape index (κ1) is 9.38. The average molecular weight is 220 g/mol. The van der Waals surface area contributed by atoms with Gasteiger partial charge in [-0.2, -0.15) is 5.26 Å². The van der Waals surface area contributed by atoms with E-state index in [1.54, 1.807) is 23.1 Å². The summed E-state index contributed by atoms with van der Waals surface area (Å²) < 4.78 is 1.14. The molecule has 2 nitrogen and oxygen atoms in total. The number of nitrogens with zero attached hydrogens (tertiary/aromatic N) is 1. The van der Waals surface area contributed by atoms with Crippen LogP contribution in [0, 0.1) is 11.3 Å². The fourth-order valence-corrected chi connectivity index (χ4v) is 3.16. The van der Waals surface area contributed by atoms with Crippen molar-refractivity contribution >= 4 is 38.9 Å². The minimum absolute atomic E-state index is 0.561. The van der Waals surface area contributed by atoms with Gasteiger partial charge in [0.05, 0.1) is 11.3 Å². The summed E-state index contributed by atoms with van der Waals surface area (Å²) in [6.07, 6.45) is 2.03. The van der Waals surface area contributed by atoms with Crippen molar-refractivity contribution in [3.63, 3.8) is 0 Å². The Labute approximate surface area is 90.3 Å². The van der Waals surface area contributed by atoms with E-state index in [-0.39, 0.29) is 0 Å². The molecule has 0 amide bonds. The summed E-state index contributed by atoms with van der Waals surface area (Å²) in [5.74, 6) is 0. The van der Waals surface area contributed by atoms with E-state index >= 15 is 0 Å². The zero-order valence-corrected chi connectivity index (χ0v) is 9.21. The van der Waals surface area contributed by atoms with E-state index in [2.05, 4.69) is 11.4 Å².